The van der Waals surface area contributed by atoms with Gasteiger partial charge in [-0.2, -0.15) is 0 Å². The molecule has 2 aromatic heterocycles. The first kappa shape index (κ1) is 65.8. The van der Waals surface area contributed by atoms with Crippen molar-refractivity contribution in [2.75, 3.05) is 0 Å². The Kier molecular flexibility index (Phi) is 14.5. The van der Waals surface area contributed by atoms with Gasteiger partial charge in [-0.05, 0) is 242 Å². The van der Waals surface area contributed by atoms with E-state index >= 15 is 0 Å². The molecule has 19 aromatic carbocycles. The zero-order valence-electron chi connectivity index (χ0n) is 63.2. The maximum atomic E-state index is 4.79. The quantitative estimate of drug-likeness (QED) is 0.120. The molecule has 113 heavy (non-hydrogen) atoms. The van der Waals surface area contributed by atoms with Crippen LogP contribution in [0.2, 0.25) is 0 Å². The van der Waals surface area contributed by atoms with Crippen molar-refractivity contribution in [2.45, 2.75) is 44.9 Å². The third-order valence-corrected chi connectivity index (χ3v) is 28.4. The molecule has 21 aromatic rings. The lowest BCUT2D eigenvalue weighted by molar-refractivity contribution is 0.578. The van der Waals surface area contributed by atoms with E-state index in [1.54, 1.807) is 0 Å². The molecule has 0 spiro atoms. The summed E-state index contributed by atoms with van der Waals surface area (Å²) in [6.45, 7) is 14.6. The van der Waals surface area contributed by atoms with E-state index in [1.165, 1.54) is 244 Å². The molecule has 0 bridgehead atoms. The fraction of sp³-hybridized carbons (Fsp3) is 0.0631. The summed E-state index contributed by atoms with van der Waals surface area (Å²) in [5, 5.41) is 23.1. The molecule has 2 heteroatoms. The Morgan fingerprint density at radius 2 is 0.708 bits per heavy atom. The second-order valence-electron chi connectivity index (χ2n) is 32.2. The van der Waals surface area contributed by atoms with Crippen LogP contribution in [0, 0.1) is 6.92 Å². The summed E-state index contributed by atoms with van der Waals surface area (Å²) in [6, 6.07) is 131. The lowest BCUT2D eigenvalue weighted by Crippen LogP contribution is -2.25. The van der Waals surface area contributed by atoms with E-state index < -0.39 is 5.41 Å². The Morgan fingerprint density at radius 1 is 0.292 bits per heavy atom. The van der Waals surface area contributed by atoms with E-state index in [0.717, 1.165) is 6.42 Å². The van der Waals surface area contributed by atoms with Gasteiger partial charge in [-0.3, -0.25) is 0 Å². The molecule has 2 heterocycles. The molecular weight excluding hydrogens is 1400 g/mol. The maximum absolute atomic E-state index is 4.79. The van der Waals surface area contributed by atoms with Crippen LogP contribution in [0.4, 0.5) is 0 Å². The average Bonchev–Trinajstić information content (AvgIpc) is 1.51. The van der Waals surface area contributed by atoms with Gasteiger partial charge in [0.2, 0.25) is 0 Å². The predicted octanol–water partition coefficient (Wildman–Crippen LogP) is 31.6. The topological polar surface area (TPSA) is 0 Å². The largest absolute Gasteiger partial charge is 0.135 e. The minimum Gasteiger partial charge on any atom is -0.135 e. The first-order valence-corrected chi connectivity index (χ1v) is 41.2. The number of thiophene rings is 2. The van der Waals surface area contributed by atoms with Crippen LogP contribution < -0.4 is 0 Å². The Hall–Kier alpha value is -13.1. The molecule has 530 valence electrons. The smallest absolute Gasteiger partial charge is 0.0437 e. The summed E-state index contributed by atoms with van der Waals surface area (Å²) in [4.78, 5) is 0. The lowest BCUT2D eigenvalue weighted by Gasteiger charge is -2.30. The molecular formula is C111H74S2. The van der Waals surface area contributed by atoms with Gasteiger partial charge in [-0.15, -0.1) is 22.7 Å². The molecule has 1 unspecified atom stereocenters. The van der Waals surface area contributed by atoms with Crippen LogP contribution in [0.15, 0.2) is 364 Å². The molecule has 2 aliphatic carbocycles. The minimum absolute atomic E-state index is 0.272. The Bertz CT molecular complexity index is 7640. The van der Waals surface area contributed by atoms with E-state index in [2.05, 4.69) is 380 Å². The fourth-order valence-corrected chi connectivity index (χ4v) is 23.2. The van der Waals surface area contributed by atoms with E-state index in [-0.39, 0.29) is 5.41 Å². The second kappa shape index (κ2) is 25.0. The number of benzene rings is 19. The highest BCUT2D eigenvalue weighted by molar-refractivity contribution is 7.27. The van der Waals surface area contributed by atoms with Crippen molar-refractivity contribution >= 4 is 144 Å². The van der Waals surface area contributed by atoms with Crippen molar-refractivity contribution in [3.05, 3.63) is 403 Å². The molecule has 2 aliphatic rings. The first-order chi connectivity index (χ1) is 55.6. The molecule has 0 saturated carbocycles. The van der Waals surface area contributed by atoms with Gasteiger partial charge in [0, 0.05) is 56.6 Å². The van der Waals surface area contributed by atoms with Crippen molar-refractivity contribution < 1.29 is 0 Å². The SMILES string of the molecule is C=CC1=C(c2ccc3c(sc4ccccc43)c2C)c2ccc(-c3ccc(-c4c5ccccc5c(-c5cccc6ccccc56)c5ccccc45)cc3)cc2C1(C)Cc1ccc2c3c(c4c5ccccc5sc4c2c1)C(C)(C)c1ccc(-c2ccc(-c4c5ccccc5c(-c5cccc6ccccc56)c5ccccc45)cc2)cc1-3. The number of fused-ring (bicyclic) bond motifs is 20. The van der Waals surface area contributed by atoms with Crippen molar-refractivity contribution in [1.29, 1.82) is 0 Å². The Balaban J connectivity index is 0.656. The van der Waals surface area contributed by atoms with Crippen molar-refractivity contribution in [3.63, 3.8) is 0 Å². The average molecular weight is 1470 g/mol. The molecule has 0 nitrogen and oxygen atoms in total. The second-order valence-corrected chi connectivity index (χ2v) is 34.3. The summed E-state index contributed by atoms with van der Waals surface area (Å²) in [7, 11) is 0. The fourth-order valence-electron chi connectivity index (χ4n) is 20.7. The first-order valence-electron chi connectivity index (χ1n) is 39.6. The van der Waals surface area contributed by atoms with Crippen molar-refractivity contribution in [3.8, 4) is 77.9 Å². The van der Waals surface area contributed by atoms with E-state index in [4.69, 9.17) is 6.58 Å². The summed E-state index contributed by atoms with van der Waals surface area (Å²) >= 11 is 3.87. The molecule has 23 rings (SSSR count). The number of allylic oxidation sites excluding steroid dienone is 2. The third kappa shape index (κ3) is 9.67. The van der Waals surface area contributed by atoms with Crippen molar-refractivity contribution in [2.24, 2.45) is 0 Å². The van der Waals surface area contributed by atoms with Crippen LogP contribution in [0.1, 0.15) is 59.7 Å². The van der Waals surface area contributed by atoms with E-state index in [9.17, 15) is 0 Å². The van der Waals surface area contributed by atoms with Crippen LogP contribution in [0.5, 0.6) is 0 Å². The van der Waals surface area contributed by atoms with Crippen LogP contribution >= 0.6 is 22.7 Å². The van der Waals surface area contributed by atoms with Gasteiger partial charge in [-0.1, -0.05) is 349 Å². The highest BCUT2D eigenvalue weighted by Gasteiger charge is 2.43. The summed E-state index contributed by atoms with van der Waals surface area (Å²) in [5.74, 6) is 0. The molecule has 0 amide bonds. The van der Waals surface area contributed by atoms with Gasteiger partial charge in [0.05, 0.1) is 0 Å². The molecule has 0 radical (unpaired) electrons. The van der Waals surface area contributed by atoms with Crippen LogP contribution in [0.3, 0.4) is 0 Å². The monoisotopic (exact) mass is 1470 g/mol. The highest BCUT2D eigenvalue weighted by Crippen LogP contribution is 2.60. The molecule has 0 N–H and O–H groups in total. The van der Waals surface area contributed by atoms with Crippen molar-refractivity contribution in [1.82, 2.24) is 0 Å². The molecule has 0 saturated heterocycles. The Morgan fingerprint density at radius 3 is 1.26 bits per heavy atom. The van der Waals surface area contributed by atoms with E-state index in [1.807, 2.05) is 22.7 Å². The summed E-state index contributed by atoms with van der Waals surface area (Å²) in [6.07, 6.45) is 2.98. The normalized spacial score (nSPS) is 14.5. The third-order valence-electron chi connectivity index (χ3n) is 25.8. The van der Waals surface area contributed by atoms with Gasteiger partial charge in [0.25, 0.3) is 0 Å². The van der Waals surface area contributed by atoms with Gasteiger partial charge in [0.1, 0.15) is 0 Å². The summed E-state index contributed by atoms with van der Waals surface area (Å²) in [5.41, 5.74) is 28.6. The van der Waals surface area contributed by atoms with Gasteiger partial charge < -0.3 is 0 Å². The minimum atomic E-state index is -0.475. The van der Waals surface area contributed by atoms with Gasteiger partial charge in [0.15, 0.2) is 0 Å². The van der Waals surface area contributed by atoms with E-state index in [0.29, 0.717) is 0 Å². The number of hydrogen-bond donors (Lipinski definition) is 0. The standard InChI is InChI=1S/C111H74S2/c1-6-95-104(75-58-59-90-78-31-19-21-43-98(78)112-108(90)65(75)2)91-57-54-74(68-48-52-72(53-49-68)101-83-34-13-17-38-87(83)103(88-39-18-14-35-84(88)101)80-42-24-28-70-26-8-10-30-77(70)80)63-97(91)111(95,5)64-66-45-56-89-93(61-66)109-106(92-40-20-22-44-99(92)113-109)107-105(89)94-62-73(55-60-96(94)110(107,3)4)67-46-50-71(51-47-67)100-81-32-11-15-36-85(81)102(86-37-16-12-33-82(86)100)79-41-23-27-69-25-7-9-29-76(69)79/h6-63H,1,64H2,2-5H3. The Labute approximate surface area is 664 Å². The molecule has 0 aliphatic heterocycles. The zero-order valence-corrected chi connectivity index (χ0v) is 64.9. The van der Waals surface area contributed by atoms with Gasteiger partial charge in [-0.25, -0.2) is 0 Å². The highest BCUT2D eigenvalue weighted by atomic mass is 32.1. The van der Waals surface area contributed by atoms with Crippen LogP contribution in [-0.4, -0.2) is 0 Å². The molecule has 0 fully saturated rings. The molecule has 1 atom stereocenters. The van der Waals surface area contributed by atoms with Crippen LogP contribution in [-0.2, 0) is 17.3 Å². The number of aryl methyl sites for hydroxylation is 1. The predicted molar refractivity (Wildman–Crippen MR) is 490 cm³/mol. The zero-order chi connectivity index (χ0) is 75.1. The number of hydrogen-bond acceptors (Lipinski definition) is 2. The lowest BCUT2D eigenvalue weighted by atomic mass is 9.73. The summed E-state index contributed by atoms with van der Waals surface area (Å²) < 4.78 is 5.34. The van der Waals surface area contributed by atoms with Crippen LogP contribution in [0.25, 0.3) is 199 Å². The maximum Gasteiger partial charge on any atom is 0.0437 e. The number of rotatable bonds is 10. The van der Waals surface area contributed by atoms with Gasteiger partial charge >= 0.3 is 0 Å².